The van der Waals surface area contributed by atoms with Crippen molar-refractivity contribution in [2.75, 3.05) is 25.0 Å². The van der Waals surface area contributed by atoms with Gasteiger partial charge >= 0.3 is 0 Å². The van der Waals surface area contributed by atoms with Gasteiger partial charge < -0.3 is 10.6 Å². The Bertz CT molecular complexity index is 385. The average Bonchev–Trinajstić information content (AvgIpc) is 2.30. The standard InChI is InChI=1S/C11H16BrN3O2/c1-2-5-13-6-7-14-10-4-3-9(12)8-11(10)15(16)17/h3-4,8,13-14H,2,5-7H2,1H3. The summed E-state index contributed by atoms with van der Waals surface area (Å²) in [5.74, 6) is 0. The summed E-state index contributed by atoms with van der Waals surface area (Å²) < 4.78 is 0.707. The minimum Gasteiger partial charge on any atom is -0.378 e. The second-order valence-corrected chi connectivity index (χ2v) is 4.51. The second kappa shape index (κ2) is 7.24. The van der Waals surface area contributed by atoms with E-state index in [0.717, 1.165) is 19.5 Å². The number of benzene rings is 1. The fraction of sp³-hybridized carbons (Fsp3) is 0.455. The molecule has 5 nitrogen and oxygen atoms in total. The third kappa shape index (κ3) is 4.70. The van der Waals surface area contributed by atoms with Gasteiger partial charge in [-0.05, 0) is 25.1 Å². The molecule has 17 heavy (non-hydrogen) atoms. The van der Waals surface area contributed by atoms with Crippen molar-refractivity contribution in [1.82, 2.24) is 5.32 Å². The lowest BCUT2D eigenvalue weighted by molar-refractivity contribution is -0.384. The van der Waals surface area contributed by atoms with E-state index in [1.807, 2.05) is 0 Å². The molecule has 1 aromatic rings. The second-order valence-electron chi connectivity index (χ2n) is 3.60. The van der Waals surface area contributed by atoms with E-state index in [-0.39, 0.29) is 10.6 Å². The molecule has 0 atom stereocenters. The van der Waals surface area contributed by atoms with Crippen LogP contribution in [0.2, 0.25) is 0 Å². The predicted octanol–water partition coefficient (Wildman–Crippen LogP) is 2.77. The topological polar surface area (TPSA) is 67.2 Å². The summed E-state index contributed by atoms with van der Waals surface area (Å²) in [6, 6.07) is 5.00. The zero-order valence-corrected chi connectivity index (χ0v) is 11.3. The normalized spacial score (nSPS) is 10.2. The third-order valence-corrected chi connectivity index (χ3v) is 2.69. The lowest BCUT2D eigenvalue weighted by Gasteiger charge is -2.08. The number of nitrogens with one attached hydrogen (secondary N) is 2. The van der Waals surface area contributed by atoms with Crippen molar-refractivity contribution in [2.45, 2.75) is 13.3 Å². The van der Waals surface area contributed by atoms with Crippen molar-refractivity contribution in [1.29, 1.82) is 0 Å². The highest BCUT2D eigenvalue weighted by Gasteiger charge is 2.13. The quantitative estimate of drug-likeness (QED) is 0.462. The Balaban J connectivity index is 2.55. The molecular weight excluding hydrogens is 286 g/mol. The highest BCUT2D eigenvalue weighted by Crippen LogP contribution is 2.27. The number of rotatable bonds is 7. The molecular formula is C11H16BrN3O2. The number of hydrogen-bond donors (Lipinski definition) is 2. The summed E-state index contributed by atoms with van der Waals surface area (Å²) in [5.41, 5.74) is 0.645. The maximum absolute atomic E-state index is 10.8. The summed E-state index contributed by atoms with van der Waals surface area (Å²) in [6.45, 7) is 4.52. The number of nitrogens with zero attached hydrogens (tertiary/aromatic N) is 1. The number of anilines is 1. The van der Waals surface area contributed by atoms with E-state index in [1.54, 1.807) is 12.1 Å². The Labute approximate surface area is 109 Å². The van der Waals surface area contributed by atoms with Gasteiger partial charge in [-0.15, -0.1) is 0 Å². The molecule has 0 saturated heterocycles. The van der Waals surface area contributed by atoms with Crippen LogP contribution in [0, 0.1) is 10.1 Å². The lowest BCUT2D eigenvalue weighted by Crippen LogP contribution is -2.22. The Morgan fingerprint density at radius 3 is 2.76 bits per heavy atom. The van der Waals surface area contributed by atoms with E-state index in [2.05, 4.69) is 33.5 Å². The van der Waals surface area contributed by atoms with Crippen molar-refractivity contribution < 1.29 is 4.92 Å². The van der Waals surface area contributed by atoms with Crippen LogP contribution in [0.1, 0.15) is 13.3 Å². The average molecular weight is 302 g/mol. The van der Waals surface area contributed by atoms with Gasteiger partial charge in [0.2, 0.25) is 0 Å². The molecule has 1 rings (SSSR count). The maximum atomic E-state index is 10.8. The van der Waals surface area contributed by atoms with Gasteiger partial charge in [0.25, 0.3) is 5.69 Å². The maximum Gasteiger partial charge on any atom is 0.293 e. The molecule has 0 aliphatic carbocycles. The first kappa shape index (κ1) is 13.9. The molecule has 0 aliphatic rings. The van der Waals surface area contributed by atoms with Crippen LogP contribution >= 0.6 is 15.9 Å². The van der Waals surface area contributed by atoms with Crippen molar-refractivity contribution >= 4 is 27.3 Å². The predicted molar refractivity (Wildman–Crippen MR) is 72.4 cm³/mol. The van der Waals surface area contributed by atoms with Crippen LogP contribution in [0.5, 0.6) is 0 Å². The first-order chi connectivity index (χ1) is 8.15. The van der Waals surface area contributed by atoms with Crippen LogP contribution in [0.25, 0.3) is 0 Å². The molecule has 6 heteroatoms. The van der Waals surface area contributed by atoms with Gasteiger partial charge in [-0.3, -0.25) is 10.1 Å². The van der Waals surface area contributed by atoms with Gasteiger partial charge in [0.1, 0.15) is 5.69 Å². The first-order valence-electron chi connectivity index (χ1n) is 5.53. The summed E-state index contributed by atoms with van der Waals surface area (Å²) in [4.78, 5) is 10.5. The van der Waals surface area contributed by atoms with E-state index >= 15 is 0 Å². The molecule has 0 spiro atoms. The van der Waals surface area contributed by atoms with E-state index in [0.29, 0.717) is 16.7 Å². The Morgan fingerprint density at radius 1 is 1.35 bits per heavy atom. The summed E-state index contributed by atoms with van der Waals surface area (Å²) in [6.07, 6.45) is 1.08. The molecule has 0 unspecified atom stereocenters. The van der Waals surface area contributed by atoms with Crippen LogP contribution in [0.4, 0.5) is 11.4 Å². The molecule has 0 bridgehead atoms. The van der Waals surface area contributed by atoms with Gasteiger partial charge in [0.05, 0.1) is 4.92 Å². The summed E-state index contributed by atoms with van der Waals surface area (Å²) in [5, 5.41) is 17.1. The monoisotopic (exact) mass is 301 g/mol. The van der Waals surface area contributed by atoms with Crippen molar-refractivity contribution in [3.05, 3.63) is 32.8 Å². The minimum atomic E-state index is -0.382. The molecule has 0 radical (unpaired) electrons. The lowest BCUT2D eigenvalue weighted by atomic mass is 10.2. The van der Waals surface area contributed by atoms with Crippen LogP contribution < -0.4 is 10.6 Å². The van der Waals surface area contributed by atoms with Gasteiger partial charge in [-0.1, -0.05) is 22.9 Å². The summed E-state index contributed by atoms with van der Waals surface area (Å²) >= 11 is 3.22. The van der Waals surface area contributed by atoms with E-state index in [1.165, 1.54) is 6.07 Å². The fourth-order valence-electron chi connectivity index (χ4n) is 1.39. The fourth-order valence-corrected chi connectivity index (χ4v) is 1.74. The van der Waals surface area contributed by atoms with Gasteiger partial charge in [0.15, 0.2) is 0 Å². The number of halogens is 1. The van der Waals surface area contributed by atoms with Crippen LogP contribution in [-0.4, -0.2) is 24.6 Å². The van der Waals surface area contributed by atoms with Crippen LogP contribution in [-0.2, 0) is 0 Å². The number of hydrogen-bond acceptors (Lipinski definition) is 4. The molecule has 1 aromatic carbocycles. The van der Waals surface area contributed by atoms with Gasteiger partial charge in [-0.25, -0.2) is 0 Å². The zero-order valence-electron chi connectivity index (χ0n) is 9.70. The van der Waals surface area contributed by atoms with Crippen molar-refractivity contribution in [3.8, 4) is 0 Å². The first-order valence-corrected chi connectivity index (χ1v) is 6.33. The van der Waals surface area contributed by atoms with Gasteiger partial charge in [-0.2, -0.15) is 0 Å². The Kier molecular flexibility index (Phi) is 5.93. The number of nitro groups is 1. The molecule has 0 fully saturated rings. The Hall–Kier alpha value is -1.14. The molecule has 0 heterocycles. The largest absolute Gasteiger partial charge is 0.378 e. The molecule has 0 saturated carbocycles. The zero-order chi connectivity index (χ0) is 12.7. The smallest absolute Gasteiger partial charge is 0.293 e. The molecule has 0 aliphatic heterocycles. The third-order valence-electron chi connectivity index (χ3n) is 2.20. The van der Waals surface area contributed by atoms with Crippen LogP contribution in [0.15, 0.2) is 22.7 Å². The Morgan fingerprint density at radius 2 is 2.12 bits per heavy atom. The van der Waals surface area contributed by atoms with E-state index in [4.69, 9.17) is 0 Å². The van der Waals surface area contributed by atoms with Gasteiger partial charge in [0, 0.05) is 23.6 Å². The van der Waals surface area contributed by atoms with Crippen LogP contribution in [0.3, 0.4) is 0 Å². The van der Waals surface area contributed by atoms with Crippen molar-refractivity contribution in [3.63, 3.8) is 0 Å². The van der Waals surface area contributed by atoms with E-state index in [9.17, 15) is 10.1 Å². The highest BCUT2D eigenvalue weighted by atomic mass is 79.9. The van der Waals surface area contributed by atoms with E-state index < -0.39 is 0 Å². The SMILES string of the molecule is CCCNCCNc1ccc(Br)cc1[N+](=O)[O-]. The molecule has 94 valence electrons. The highest BCUT2D eigenvalue weighted by molar-refractivity contribution is 9.10. The molecule has 0 amide bonds. The molecule has 0 aromatic heterocycles. The minimum absolute atomic E-state index is 0.0925. The summed E-state index contributed by atoms with van der Waals surface area (Å²) in [7, 11) is 0. The molecule has 2 N–H and O–H groups in total. The van der Waals surface area contributed by atoms with Crippen molar-refractivity contribution in [2.24, 2.45) is 0 Å². The number of nitro benzene ring substituents is 1.